The van der Waals surface area contributed by atoms with Crippen LogP contribution in [0.15, 0.2) is 0 Å². The van der Waals surface area contributed by atoms with E-state index in [9.17, 15) is 4.79 Å². The summed E-state index contributed by atoms with van der Waals surface area (Å²) in [4.78, 5) is 14.4. The number of piperidine rings is 1. The lowest BCUT2D eigenvalue weighted by Gasteiger charge is -2.25. The molecular formula is C15H28N2OS. The van der Waals surface area contributed by atoms with Gasteiger partial charge in [0.05, 0.1) is 0 Å². The van der Waals surface area contributed by atoms with Crippen LogP contribution in [0.4, 0.5) is 0 Å². The second kappa shape index (κ2) is 6.98. The highest BCUT2D eigenvalue weighted by atomic mass is 32.2. The molecule has 1 amide bonds. The predicted molar refractivity (Wildman–Crippen MR) is 82.6 cm³/mol. The molecule has 0 aromatic rings. The fourth-order valence-electron chi connectivity index (χ4n) is 2.93. The van der Waals surface area contributed by atoms with Gasteiger partial charge in [0.15, 0.2) is 0 Å². The van der Waals surface area contributed by atoms with Gasteiger partial charge in [0.1, 0.15) is 0 Å². The van der Waals surface area contributed by atoms with Crippen LogP contribution in [-0.4, -0.2) is 47.5 Å². The first-order chi connectivity index (χ1) is 9.07. The van der Waals surface area contributed by atoms with Crippen LogP contribution in [0.2, 0.25) is 0 Å². The number of rotatable bonds is 3. The Morgan fingerprint density at radius 3 is 3.00 bits per heavy atom. The van der Waals surface area contributed by atoms with E-state index in [4.69, 9.17) is 0 Å². The Morgan fingerprint density at radius 1 is 1.42 bits per heavy atom. The van der Waals surface area contributed by atoms with Crippen molar-refractivity contribution in [2.45, 2.75) is 50.7 Å². The van der Waals surface area contributed by atoms with Crippen LogP contribution < -0.4 is 5.32 Å². The minimum atomic E-state index is 0.336. The molecule has 2 aliphatic rings. The Labute approximate surface area is 121 Å². The lowest BCUT2D eigenvalue weighted by atomic mass is 9.94. The number of carbonyl (C=O) groups excluding carboxylic acids is 1. The molecule has 1 N–H and O–H groups in total. The molecule has 0 radical (unpaired) electrons. The minimum absolute atomic E-state index is 0.336. The van der Waals surface area contributed by atoms with Gasteiger partial charge >= 0.3 is 0 Å². The Bertz CT molecular complexity index is 301. The molecule has 0 spiro atoms. The summed E-state index contributed by atoms with van der Waals surface area (Å²) in [6.07, 6.45) is 5.50. The molecule has 0 saturated carbocycles. The van der Waals surface area contributed by atoms with Gasteiger partial charge in [-0.05, 0) is 44.7 Å². The van der Waals surface area contributed by atoms with E-state index in [0.29, 0.717) is 10.7 Å². The van der Waals surface area contributed by atoms with Crippen molar-refractivity contribution < 1.29 is 4.79 Å². The Hall–Kier alpha value is -0.220. The standard InChI is InChI=1S/C15H28N2OS/c1-15(2)7-9-17(10-11-19-15)14(18)6-5-13-4-3-8-16-12-13/h13,16H,3-12H2,1-2H3. The van der Waals surface area contributed by atoms with Crippen molar-refractivity contribution in [3.05, 3.63) is 0 Å². The van der Waals surface area contributed by atoms with Crippen LogP contribution in [0.5, 0.6) is 0 Å². The highest BCUT2D eigenvalue weighted by molar-refractivity contribution is 8.00. The van der Waals surface area contributed by atoms with E-state index in [1.807, 2.05) is 11.8 Å². The molecule has 0 aliphatic carbocycles. The smallest absolute Gasteiger partial charge is 0.222 e. The molecule has 2 aliphatic heterocycles. The number of amides is 1. The third-order valence-electron chi connectivity index (χ3n) is 4.36. The topological polar surface area (TPSA) is 32.3 Å². The summed E-state index contributed by atoms with van der Waals surface area (Å²) < 4.78 is 0.336. The molecular weight excluding hydrogens is 256 g/mol. The first-order valence-corrected chi connectivity index (χ1v) is 8.68. The monoisotopic (exact) mass is 284 g/mol. The number of nitrogens with one attached hydrogen (secondary N) is 1. The Morgan fingerprint density at radius 2 is 2.26 bits per heavy atom. The van der Waals surface area contributed by atoms with E-state index >= 15 is 0 Å². The lowest BCUT2D eigenvalue weighted by Crippen LogP contribution is -2.35. The van der Waals surface area contributed by atoms with Crippen molar-refractivity contribution in [2.75, 3.05) is 31.9 Å². The van der Waals surface area contributed by atoms with Crippen LogP contribution in [0.25, 0.3) is 0 Å². The predicted octanol–water partition coefficient (Wildman–Crippen LogP) is 2.51. The van der Waals surface area contributed by atoms with Gasteiger partial charge in [-0.25, -0.2) is 0 Å². The molecule has 2 fully saturated rings. The van der Waals surface area contributed by atoms with E-state index < -0.39 is 0 Å². The normalized spacial score (nSPS) is 27.9. The molecule has 0 bridgehead atoms. The average Bonchev–Trinajstić information content (AvgIpc) is 2.58. The molecule has 2 saturated heterocycles. The molecule has 19 heavy (non-hydrogen) atoms. The van der Waals surface area contributed by atoms with Gasteiger partial charge in [-0.2, -0.15) is 11.8 Å². The lowest BCUT2D eigenvalue weighted by molar-refractivity contribution is -0.131. The van der Waals surface area contributed by atoms with Crippen LogP contribution in [0.1, 0.15) is 46.0 Å². The van der Waals surface area contributed by atoms with Crippen molar-refractivity contribution in [1.29, 1.82) is 0 Å². The quantitative estimate of drug-likeness (QED) is 0.864. The number of nitrogens with zero attached hydrogens (tertiary/aromatic N) is 1. The summed E-state index contributed by atoms with van der Waals surface area (Å²) in [7, 11) is 0. The first-order valence-electron chi connectivity index (χ1n) is 7.69. The fourth-order valence-corrected chi connectivity index (χ4v) is 4.03. The van der Waals surface area contributed by atoms with E-state index in [1.54, 1.807) is 0 Å². The van der Waals surface area contributed by atoms with Gasteiger partial charge in [-0.15, -0.1) is 0 Å². The summed E-state index contributed by atoms with van der Waals surface area (Å²) in [5, 5.41) is 3.43. The molecule has 2 rings (SSSR count). The second-order valence-corrected chi connectivity index (χ2v) is 8.29. The van der Waals surface area contributed by atoms with Gasteiger partial charge in [-0.3, -0.25) is 4.79 Å². The van der Waals surface area contributed by atoms with E-state index in [1.165, 1.54) is 12.8 Å². The molecule has 3 nitrogen and oxygen atoms in total. The van der Waals surface area contributed by atoms with E-state index in [-0.39, 0.29) is 0 Å². The van der Waals surface area contributed by atoms with E-state index in [2.05, 4.69) is 24.1 Å². The number of hydrogen-bond acceptors (Lipinski definition) is 3. The van der Waals surface area contributed by atoms with E-state index in [0.717, 1.165) is 57.1 Å². The number of hydrogen-bond donors (Lipinski definition) is 1. The average molecular weight is 284 g/mol. The zero-order chi connectivity index (χ0) is 13.7. The largest absolute Gasteiger partial charge is 0.342 e. The van der Waals surface area contributed by atoms with Crippen LogP contribution in [0.3, 0.4) is 0 Å². The summed E-state index contributed by atoms with van der Waals surface area (Å²) in [6, 6.07) is 0. The molecule has 0 aromatic carbocycles. The minimum Gasteiger partial charge on any atom is -0.342 e. The van der Waals surface area contributed by atoms with Gasteiger partial charge in [0.2, 0.25) is 5.91 Å². The van der Waals surface area contributed by atoms with Crippen molar-refractivity contribution in [1.82, 2.24) is 10.2 Å². The highest BCUT2D eigenvalue weighted by Gasteiger charge is 2.26. The van der Waals surface area contributed by atoms with Crippen LogP contribution in [-0.2, 0) is 4.79 Å². The molecule has 1 atom stereocenters. The summed E-state index contributed by atoms with van der Waals surface area (Å²) in [6.45, 7) is 8.73. The maximum absolute atomic E-state index is 12.3. The van der Waals surface area contributed by atoms with Gasteiger partial charge in [-0.1, -0.05) is 13.8 Å². The summed E-state index contributed by atoms with van der Waals surface area (Å²) >= 11 is 2.00. The fraction of sp³-hybridized carbons (Fsp3) is 0.933. The van der Waals surface area contributed by atoms with Crippen LogP contribution >= 0.6 is 11.8 Å². The zero-order valence-electron chi connectivity index (χ0n) is 12.4. The third-order valence-corrected chi connectivity index (χ3v) is 5.73. The molecule has 1 unspecified atom stereocenters. The molecule has 110 valence electrons. The summed E-state index contributed by atoms with van der Waals surface area (Å²) in [5.41, 5.74) is 0. The van der Waals surface area contributed by atoms with Crippen molar-refractivity contribution in [3.8, 4) is 0 Å². The zero-order valence-corrected chi connectivity index (χ0v) is 13.2. The Balaban J connectivity index is 1.73. The van der Waals surface area contributed by atoms with Crippen molar-refractivity contribution in [3.63, 3.8) is 0 Å². The highest BCUT2D eigenvalue weighted by Crippen LogP contribution is 2.31. The van der Waals surface area contributed by atoms with Crippen LogP contribution in [0, 0.1) is 5.92 Å². The Kier molecular flexibility index (Phi) is 5.58. The van der Waals surface area contributed by atoms with Crippen molar-refractivity contribution in [2.24, 2.45) is 5.92 Å². The maximum Gasteiger partial charge on any atom is 0.222 e. The SMILES string of the molecule is CC1(C)CCN(C(=O)CCC2CCCNC2)CCS1. The molecule has 0 aromatic heterocycles. The third kappa shape index (κ3) is 4.99. The number of carbonyl (C=O) groups is 1. The van der Waals surface area contributed by atoms with Crippen molar-refractivity contribution >= 4 is 17.7 Å². The molecule has 2 heterocycles. The second-order valence-electron chi connectivity index (χ2n) is 6.49. The van der Waals surface area contributed by atoms with Gasteiger partial charge in [0.25, 0.3) is 0 Å². The summed E-state index contributed by atoms with van der Waals surface area (Å²) in [5.74, 6) is 2.18. The maximum atomic E-state index is 12.3. The number of thioether (sulfide) groups is 1. The van der Waals surface area contributed by atoms with Gasteiger partial charge < -0.3 is 10.2 Å². The van der Waals surface area contributed by atoms with Gasteiger partial charge in [0, 0.05) is 30.0 Å². The first kappa shape index (κ1) is 15.2. The molecule has 4 heteroatoms.